The summed E-state index contributed by atoms with van der Waals surface area (Å²) in [6.45, 7) is 7.03. The molecule has 1 N–H and O–H groups in total. The van der Waals surface area contributed by atoms with E-state index in [4.69, 9.17) is 14.6 Å². The van der Waals surface area contributed by atoms with E-state index in [0.717, 1.165) is 0 Å². The third-order valence-electron chi connectivity index (χ3n) is 3.05. The van der Waals surface area contributed by atoms with E-state index in [-0.39, 0.29) is 17.6 Å². The molecule has 2 heterocycles. The summed E-state index contributed by atoms with van der Waals surface area (Å²) in [5, 5.41) is 8.88. The van der Waals surface area contributed by atoms with Gasteiger partial charge in [-0.25, -0.2) is 9.59 Å². The van der Waals surface area contributed by atoms with Gasteiger partial charge in [-0.15, -0.1) is 0 Å². The lowest BCUT2D eigenvalue weighted by atomic mass is 10.0. The Labute approximate surface area is 128 Å². The smallest absolute Gasteiger partial charge is 0.410 e. The third-order valence-corrected chi connectivity index (χ3v) is 3.05. The zero-order valence-corrected chi connectivity index (χ0v) is 12.9. The number of carboxylic acid groups (broad SMARTS) is 1. The molecule has 0 saturated carbocycles. The van der Waals surface area contributed by atoms with Crippen molar-refractivity contribution >= 4 is 12.1 Å². The normalized spacial score (nSPS) is 15.1. The zero-order chi connectivity index (χ0) is 16.3. The second-order valence-corrected chi connectivity index (χ2v) is 6.28. The molecule has 0 spiro atoms. The van der Waals surface area contributed by atoms with Gasteiger partial charge < -0.3 is 19.5 Å². The van der Waals surface area contributed by atoms with Crippen molar-refractivity contribution in [3.63, 3.8) is 0 Å². The highest BCUT2D eigenvalue weighted by Crippen LogP contribution is 2.21. The summed E-state index contributed by atoms with van der Waals surface area (Å²) in [5.74, 6) is -0.422. The number of hydrogen-bond acceptors (Lipinski definition) is 5. The van der Waals surface area contributed by atoms with E-state index in [1.807, 2.05) is 20.8 Å². The number of aromatic carboxylic acids is 1. The van der Waals surface area contributed by atoms with Gasteiger partial charge in [-0.05, 0) is 26.8 Å². The van der Waals surface area contributed by atoms with Crippen molar-refractivity contribution < 1.29 is 24.2 Å². The second kappa shape index (κ2) is 6.21. The van der Waals surface area contributed by atoms with Gasteiger partial charge in [-0.3, -0.25) is 4.98 Å². The van der Waals surface area contributed by atoms with Crippen LogP contribution in [0.4, 0.5) is 4.79 Å². The molecule has 0 unspecified atom stereocenters. The molecular formula is C15H20N2O5. The van der Waals surface area contributed by atoms with Crippen LogP contribution >= 0.6 is 0 Å². The van der Waals surface area contributed by atoms with Crippen LogP contribution in [-0.2, 0) is 4.74 Å². The molecule has 7 heteroatoms. The number of aromatic nitrogens is 1. The summed E-state index contributed by atoms with van der Waals surface area (Å²) in [5.41, 5.74) is -0.414. The highest BCUT2D eigenvalue weighted by atomic mass is 16.6. The Morgan fingerprint density at radius 1 is 1.36 bits per heavy atom. The van der Waals surface area contributed by atoms with Gasteiger partial charge in [0.15, 0.2) is 0 Å². The van der Waals surface area contributed by atoms with Crippen molar-refractivity contribution in [2.75, 3.05) is 19.7 Å². The molecule has 1 saturated heterocycles. The fourth-order valence-electron chi connectivity index (χ4n) is 1.98. The summed E-state index contributed by atoms with van der Waals surface area (Å²) >= 11 is 0. The van der Waals surface area contributed by atoms with Crippen molar-refractivity contribution in [3.05, 3.63) is 24.0 Å². The molecule has 0 atom stereocenters. The average molecular weight is 308 g/mol. The maximum Gasteiger partial charge on any atom is 0.410 e. The Morgan fingerprint density at radius 2 is 2.05 bits per heavy atom. The average Bonchev–Trinajstić information content (AvgIpc) is 2.35. The van der Waals surface area contributed by atoms with E-state index in [0.29, 0.717) is 25.4 Å². The first kappa shape index (κ1) is 16.1. The predicted molar refractivity (Wildman–Crippen MR) is 78.0 cm³/mol. The molecule has 1 fully saturated rings. The second-order valence-electron chi connectivity index (χ2n) is 6.28. The number of pyridine rings is 1. The summed E-state index contributed by atoms with van der Waals surface area (Å²) in [7, 11) is 0. The van der Waals surface area contributed by atoms with Gasteiger partial charge in [0.05, 0.1) is 18.4 Å². The van der Waals surface area contributed by atoms with Gasteiger partial charge in [0.25, 0.3) is 0 Å². The Balaban J connectivity index is 1.76. The lowest BCUT2D eigenvalue weighted by molar-refractivity contribution is -0.00786. The number of amides is 1. The van der Waals surface area contributed by atoms with Crippen LogP contribution in [0.5, 0.6) is 5.75 Å². The van der Waals surface area contributed by atoms with E-state index in [9.17, 15) is 9.59 Å². The van der Waals surface area contributed by atoms with Crippen LogP contribution in [0.3, 0.4) is 0 Å². The van der Waals surface area contributed by atoms with Crippen LogP contribution in [0.15, 0.2) is 18.5 Å². The van der Waals surface area contributed by atoms with Crippen molar-refractivity contribution in [1.29, 1.82) is 0 Å². The van der Waals surface area contributed by atoms with E-state index in [2.05, 4.69) is 4.98 Å². The SMILES string of the molecule is CC(C)(C)OC(=O)N1CC(COc2cncc(C(=O)O)c2)C1. The van der Waals surface area contributed by atoms with E-state index >= 15 is 0 Å². The van der Waals surface area contributed by atoms with E-state index < -0.39 is 11.6 Å². The molecule has 1 aromatic heterocycles. The quantitative estimate of drug-likeness (QED) is 0.915. The molecule has 1 aromatic rings. The first-order valence-electron chi connectivity index (χ1n) is 7.03. The maximum atomic E-state index is 11.8. The third kappa shape index (κ3) is 4.34. The van der Waals surface area contributed by atoms with Crippen molar-refractivity contribution in [3.8, 4) is 5.75 Å². The number of ether oxygens (including phenoxy) is 2. The van der Waals surface area contributed by atoms with Gasteiger partial charge in [0.1, 0.15) is 11.4 Å². The Hall–Kier alpha value is -2.31. The van der Waals surface area contributed by atoms with Crippen LogP contribution < -0.4 is 4.74 Å². The van der Waals surface area contributed by atoms with Gasteiger partial charge in [0.2, 0.25) is 0 Å². The van der Waals surface area contributed by atoms with Crippen LogP contribution in [0.25, 0.3) is 0 Å². The minimum absolute atomic E-state index is 0.0847. The maximum absolute atomic E-state index is 11.8. The topological polar surface area (TPSA) is 89.0 Å². The molecule has 22 heavy (non-hydrogen) atoms. The van der Waals surface area contributed by atoms with Crippen LogP contribution in [0.1, 0.15) is 31.1 Å². The largest absolute Gasteiger partial charge is 0.492 e. The van der Waals surface area contributed by atoms with Gasteiger partial charge >= 0.3 is 12.1 Å². The summed E-state index contributed by atoms with van der Waals surface area (Å²) in [6, 6.07) is 1.43. The Bertz CT molecular complexity index is 561. The van der Waals surface area contributed by atoms with Crippen LogP contribution in [-0.4, -0.2) is 52.4 Å². The van der Waals surface area contributed by atoms with Gasteiger partial charge in [0, 0.05) is 25.2 Å². The summed E-state index contributed by atoms with van der Waals surface area (Å²) < 4.78 is 10.8. The number of likely N-dealkylation sites (tertiary alicyclic amines) is 1. The fraction of sp³-hybridized carbons (Fsp3) is 0.533. The predicted octanol–water partition coefficient (Wildman–Crippen LogP) is 2.03. The zero-order valence-electron chi connectivity index (χ0n) is 12.9. The number of rotatable bonds is 4. The molecule has 0 aromatic carbocycles. The lowest BCUT2D eigenvalue weighted by Crippen LogP contribution is -2.53. The monoisotopic (exact) mass is 308 g/mol. The molecule has 7 nitrogen and oxygen atoms in total. The molecule has 1 aliphatic heterocycles. The lowest BCUT2D eigenvalue weighted by Gasteiger charge is -2.39. The first-order valence-corrected chi connectivity index (χ1v) is 7.03. The summed E-state index contributed by atoms with van der Waals surface area (Å²) in [6.07, 6.45) is 2.41. The molecule has 0 radical (unpaired) electrons. The minimum Gasteiger partial charge on any atom is -0.492 e. The summed E-state index contributed by atoms with van der Waals surface area (Å²) in [4.78, 5) is 28.0. The van der Waals surface area contributed by atoms with Crippen molar-refractivity contribution in [1.82, 2.24) is 9.88 Å². The van der Waals surface area contributed by atoms with Crippen LogP contribution in [0, 0.1) is 5.92 Å². The van der Waals surface area contributed by atoms with E-state index in [1.165, 1.54) is 18.5 Å². The molecule has 120 valence electrons. The first-order chi connectivity index (χ1) is 10.2. The Morgan fingerprint density at radius 3 is 2.64 bits per heavy atom. The number of hydrogen-bond donors (Lipinski definition) is 1. The number of carboxylic acids is 1. The number of nitrogens with zero attached hydrogens (tertiary/aromatic N) is 2. The molecule has 1 aliphatic rings. The number of carbonyl (C=O) groups excluding carboxylic acids is 1. The highest BCUT2D eigenvalue weighted by Gasteiger charge is 2.34. The molecule has 0 aliphatic carbocycles. The molecule has 0 bridgehead atoms. The Kier molecular flexibility index (Phi) is 4.54. The highest BCUT2D eigenvalue weighted by molar-refractivity contribution is 5.87. The van der Waals surface area contributed by atoms with Crippen molar-refractivity contribution in [2.24, 2.45) is 5.92 Å². The minimum atomic E-state index is -1.04. The molecule has 1 amide bonds. The van der Waals surface area contributed by atoms with Crippen molar-refractivity contribution in [2.45, 2.75) is 26.4 Å². The van der Waals surface area contributed by atoms with E-state index in [1.54, 1.807) is 4.90 Å². The van der Waals surface area contributed by atoms with Crippen LogP contribution in [0.2, 0.25) is 0 Å². The number of carbonyl (C=O) groups is 2. The molecular weight excluding hydrogens is 288 g/mol. The standard InChI is InChI=1S/C15H20N2O5/c1-15(2,3)22-14(20)17-7-10(8-17)9-21-12-4-11(13(18)19)5-16-6-12/h4-6,10H,7-9H2,1-3H3,(H,18,19). The fourth-order valence-corrected chi connectivity index (χ4v) is 1.98. The molecule has 2 rings (SSSR count). The van der Waals surface area contributed by atoms with Gasteiger partial charge in [-0.1, -0.05) is 0 Å². The van der Waals surface area contributed by atoms with Gasteiger partial charge in [-0.2, -0.15) is 0 Å².